The van der Waals surface area contributed by atoms with E-state index in [-0.39, 0.29) is 18.8 Å². The summed E-state index contributed by atoms with van der Waals surface area (Å²) in [6.07, 6.45) is 7.22. The van der Waals surface area contributed by atoms with Gasteiger partial charge in [0.1, 0.15) is 0 Å². The SMILES string of the molecule is OCC1CC(O)CCN1Cc1ccc(CNc2cc(-c3ncccn3)cc(C3CC3)c2)cc1. The zero-order valence-corrected chi connectivity index (χ0v) is 18.9. The molecule has 3 N–H and O–H groups in total. The first-order valence-corrected chi connectivity index (χ1v) is 11.9. The van der Waals surface area contributed by atoms with E-state index in [4.69, 9.17) is 0 Å². The number of piperidine rings is 1. The fourth-order valence-electron chi connectivity index (χ4n) is 4.66. The van der Waals surface area contributed by atoms with E-state index in [0.717, 1.165) is 43.1 Å². The van der Waals surface area contributed by atoms with Gasteiger partial charge in [-0.15, -0.1) is 0 Å². The Labute approximate surface area is 195 Å². The van der Waals surface area contributed by atoms with Crippen molar-refractivity contribution in [3.8, 4) is 11.4 Å². The molecular formula is C27H32N4O2. The average molecular weight is 445 g/mol. The molecule has 1 saturated carbocycles. The van der Waals surface area contributed by atoms with E-state index in [1.165, 1.54) is 29.5 Å². The fourth-order valence-corrected chi connectivity index (χ4v) is 4.66. The Morgan fingerprint density at radius 3 is 2.45 bits per heavy atom. The highest BCUT2D eigenvalue weighted by molar-refractivity contribution is 5.65. The first-order valence-electron chi connectivity index (χ1n) is 11.9. The molecular weight excluding hydrogens is 412 g/mol. The number of hydrogen-bond donors (Lipinski definition) is 3. The molecule has 2 aliphatic rings. The van der Waals surface area contributed by atoms with Crippen LogP contribution in [0.1, 0.15) is 48.3 Å². The molecule has 1 aliphatic carbocycles. The van der Waals surface area contributed by atoms with Crippen molar-refractivity contribution in [2.24, 2.45) is 0 Å². The third-order valence-corrected chi connectivity index (χ3v) is 6.75. The molecule has 0 spiro atoms. The molecule has 5 rings (SSSR count). The van der Waals surface area contributed by atoms with Crippen LogP contribution in [0.3, 0.4) is 0 Å². The minimum absolute atomic E-state index is 0.0385. The minimum atomic E-state index is -0.292. The van der Waals surface area contributed by atoms with Gasteiger partial charge in [0.25, 0.3) is 0 Å². The van der Waals surface area contributed by atoms with Crippen LogP contribution < -0.4 is 5.32 Å². The number of anilines is 1. The highest BCUT2D eigenvalue weighted by Gasteiger charge is 2.27. The molecule has 33 heavy (non-hydrogen) atoms. The maximum atomic E-state index is 9.87. The van der Waals surface area contributed by atoms with Crippen LogP contribution in [0.15, 0.2) is 60.9 Å². The summed E-state index contributed by atoms with van der Waals surface area (Å²) in [5.41, 5.74) is 5.98. The number of rotatable bonds is 8. The zero-order valence-electron chi connectivity index (χ0n) is 18.9. The summed E-state index contributed by atoms with van der Waals surface area (Å²) in [7, 11) is 0. The Bertz CT molecular complexity index is 1050. The van der Waals surface area contributed by atoms with E-state index in [9.17, 15) is 10.2 Å². The van der Waals surface area contributed by atoms with Crippen LogP contribution >= 0.6 is 0 Å². The van der Waals surface area contributed by atoms with Crippen LogP contribution in [0.25, 0.3) is 11.4 Å². The summed E-state index contributed by atoms with van der Waals surface area (Å²) in [6, 6.07) is 17.2. The van der Waals surface area contributed by atoms with Crippen LogP contribution in [0.5, 0.6) is 0 Å². The molecule has 6 heteroatoms. The number of aliphatic hydroxyl groups is 2. The molecule has 172 valence electrons. The van der Waals surface area contributed by atoms with Crippen molar-refractivity contribution in [2.45, 2.75) is 56.8 Å². The van der Waals surface area contributed by atoms with Crippen molar-refractivity contribution in [3.63, 3.8) is 0 Å². The molecule has 2 heterocycles. The molecule has 0 amide bonds. The zero-order chi connectivity index (χ0) is 22.6. The van der Waals surface area contributed by atoms with Gasteiger partial charge in [0.05, 0.1) is 12.7 Å². The highest BCUT2D eigenvalue weighted by Crippen LogP contribution is 2.42. The van der Waals surface area contributed by atoms with Crippen molar-refractivity contribution in [1.82, 2.24) is 14.9 Å². The third-order valence-electron chi connectivity index (χ3n) is 6.75. The van der Waals surface area contributed by atoms with E-state index >= 15 is 0 Å². The lowest BCUT2D eigenvalue weighted by Gasteiger charge is -2.36. The molecule has 2 fully saturated rings. The number of aliphatic hydroxyl groups excluding tert-OH is 2. The predicted molar refractivity (Wildman–Crippen MR) is 130 cm³/mol. The van der Waals surface area contributed by atoms with Gasteiger partial charge in [0, 0.05) is 49.3 Å². The molecule has 2 aromatic carbocycles. The second-order valence-corrected chi connectivity index (χ2v) is 9.35. The van der Waals surface area contributed by atoms with Crippen LogP contribution in [-0.2, 0) is 13.1 Å². The fraction of sp³-hybridized carbons (Fsp3) is 0.407. The van der Waals surface area contributed by atoms with Gasteiger partial charge >= 0.3 is 0 Å². The largest absolute Gasteiger partial charge is 0.395 e. The molecule has 2 unspecified atom stereocenters. The summed E-state index contributed by atoms with van der Waals surface area (Å²) in [6.45, 7) is 2.46. The highest BCUT2D eigenvalue weighted by atomic mass is 16.3. The molecule has 2 atom stereocenters. The number of likely N-dealkylation sites (tertiary alicyclic amines) is 1. The number of nitrogens with zero attached hydrogens (tertiary/aromatic N) is 3. The van der Waals surface area contributed by atoms with E-state index < -0.39 is 0 Å². The smallest absolute Gasteiger partial charge is 0.159 e. The van der Waals surface area contributed by atoms with E-state index in [1.807, 2.05) is 6.07 Å². The van der Waals surface area contributed by atoms with E-state index in [0.29, 0.717) is 12.3 Å². The van der Waals surface area contributed by atoms with Gasteiger partial charge in [-0.25, -0.2) is 9.97 Å². The predicted octanol–water partition coefficient (Wildman–Crippen LogP) is 3.95. The Morgan fingerprint density at radius 2 is 1.73 bits per heavy atom. The monoisotopic (exact) mass is 444 g/mol. The molecule has 6 nitrogen and oxygen atoms in total. The summed E-state index contributed by atoms with van der Waals surface area (Å²) in [4.78, 5) is 11.1. The van der Waals surface area contributed by atoms with Gasteiger partial charge in [-0.2, -0.15) is 0 Å². The van der Waals surface area contributed by atoms with Crippen LogP contribution in [0.2, 0.25) is 0 Å². The molecule has 0 radical (unpaired) electrons. The van der Waals surface area contributed by atoms with Crippen molar-refractivity contribution in [3.05, 3.63) is 77.6 Å². The number of benzene rings is 2. The van der Waals surface area contributed by atoms with Crippen LogP contribution in [0.4, 0.5) is 5.69 Å². The van der Waals surface area contributed by atoms with Crippen molar-refractivity contribution < 1.29 is 10.2 Å². The van der Waals surface area contributed by atoms with Gasteiger partial charge in [0.15, 0.2) is 5.82 Å². The van der Waals surface area contributed by atoms with Crippen molar-refractivity contribution in [2.75, 3.05) is 18.5 Å². The number of hydrogen-bond acceptors (Lipinski definition) is 6. The lowest BCUT2D eigenvalue weighted by Crippen LogP contribution is -2.45. The topological polar surface area (TPSA) is 81.5 Å². The molecule has 0 bridgehead atoms. The number of aromatic nitrogens is 2. The summed E-state index contributed by atoms with van der Waals surface area (Å²) in [5, 5.41) is 23.1. The van der Waals surface area contributed by atoms with Gasteiger partial charge in [-0.05, 0) is 72.6 Å². The first kappa shape index (κ1) is 22.0. The van der Waals surface area contributed by atoms with E-state index in [2.05, 4.69) is 62.6 Å². The van der Waals surface area contributed by atoms with Crippen molar-refractivity contribution >= 4 is 5.69 Å². The third kappa shape index (κ3) is 5.58. The molecule has 1 aromatic heterocycles. The second kappa shape index (κ2) is 10.00. The summed E-state index contributed by atoms with van der Waals surface area (Å²) < 4.78 is 0. The Kier molecular flexibility index (Phi) is 6.67. The number of nitrogens with one attached hydrogen (secondary N) is 1. The van der Waals surface area contributed by atoms with E-state index in [1.54, 1.807) is 12.4 Å². The molecule has 1 aliphatic heterocycles. The van der Waals surface area contributed by atoms with Gasteiger partial charge in [-0.1, -0.05) is 24.3 Å². The van der Waals surface area contributed by atoms with Crippen molar-refractivity contribution in [1.29, 1.82) is 0 Å². The summed E-state index contributed by atoms with van der Waals surface area (Å²) >= 11 is 0. The lowest BCUT2D eigenvalue weighted by atomic mass is 9.99. The maximum absolute atomic E-state index is 9.87. The Hall–Kier alpha value is -2.80. The average Bonchev–Trinajstić information content (AvgIpc) is 3.71. The maximum Gasteiger partial charge on any atom is 0.159 e. The molecule has 3 aromatic rings. The Balaban J connectivity index is 1.24. The lowest BCUT2D eigenvalue weighted by molar-refractivity contribution is 0.0129. The quantitative estimate of drug-likeness (QED) is 0.488. The van der Waals surface area contributed by atoms with Crippen LogP contribution in [0, 0.1) is 0 Å². The standard InChI is InChI=1S/C27H32N4O2/c32-18-25-15-26(33)8-11-31(25)17-20-4-2-19(3-5-20)16-30-24-13-22(21-6-7-21)12-23(14-24)27-28-9-1-10-29-27/h1-5,9-10,12-14,21,25-26,30,32-33H,6-8,11,15-18H2. The minimum Gasteiger partial charge on any atom is -0.395 e. The van der Waals surface area contributed by atoms with Gasteiger partial charge in [-0.3, -0.25) is 4.90 Å². The van der Waals surface area contributed by atoms with Gasteiger partial charge < -0.3 is 15.5 Å². The van der Waals surface area contributed by atoms with Crippen LogP contribution in [-0.4, -0.2) is 50.4 Å². The molecule has 1 saturated heterocycles. The first-order chi connectivity index (χ1) is 16.2. The summed E-state index contributed by atoms with van der Waals surface area (Å²) in [5.74, 6) is 1.42. The Morgan fingerprint density at radius 1 is 0.970 bits per heavy atom. The normalized spacial score (nSPS) is 21.2. The second-order valence-electron chi connectivity index (χ2n) is 9.35. The van der Waals surface area contributed by atoms with Gasteiger partial charge in [0.2, 0.25) is 0 Å².